The van der Waals surface area contributed by atoms with E-state index >= 15 is 0 Å². The zero-order valence-electron chi connectivity index (χ0n) is 14.9. The van der Waals surface area contributed by atoms with E-state index in [1.54, 1.807) is 11.0 Å². The maximum Gasteiger partial charge on any atom is 0.142 e. The van der Waals surface area contributed by atoms with Gasteiger partial charge in [0, 0.05) is 16.0 Å². The van der Waals surface area contributed by atoms with Gasteiger partial charge in [0.05, 0.1) is 22.8 Å². The third-order valence-corrected chi connectivity index (χ3v) is 5.04. The summed E-state index contributed by atoms with van der Waals surface area (Å²) < 4.78 is 0. The van der Waals surface area contributed by atoms with Crippen LogP contribution >= 0.6 is 11.6 Å². The Morgan fingerprint density at radius 1 is 0.821 bits per heavy atom. The van der Waals surface area contributed by atoms with Crippen molar-refractivity contribution in [2.45, 2.75) is 6.61 Å². The molecule has 0 aliphatic rings. The fourth-order valence-electron chi connectivity index (χ4n) is 3.37. The van der Waals surface area contributed by atoms with Crippen LogP contribution in [0.1, 0.15) is 5.56 Å². The number of hydrogen-bond donors (Lipinski definition) is 0. The van der Waals surface area contributed by atoms with E-state index < -0.39 is 0 Å². The van der Waals surface area contributed by atoms with E-state index in [2.05, 4.69) is 5.10 Å². The van der Waals surface area contributed by atoms with Crippen molar-refractivity contribution in [3.63, 3.8) is 0 Å². The number of pyridine rings is 1. The van der Waals surface area contributed by atoms with Crippen molar-refractivity contribution >= 4 is 33.4 Å². The highest BCUT2D eigenvalue weighted by atomic mass is 35.5. The van der Waals surface area contributed by atoms with Gasteiger partial charge in [-0.3, -0.25) is 0 Å². The highest BCUT2D eigenvalue weighted by molar-refractivity contribution is 6.33. The minimum Gasteiger partial charge on any atom is -0.391 e. The number of nitrogens with zero attached hydrogens (tertiary/aromatic N) is 3. The Hall–Kier alpha value is -3.37. The molecule has 0 saturated carbocycles. The lowest BCUT2D eigenvalue weighted by atomic mass is 10.1. The molecule has 4 nitrogen and oxygen atoms in total. The molecule has 0 spiro atoms. The Kier molecular flexibility index (Phi) is 4.18. The number of hydrogen-bond acceptors (Lipinski definition) is 3. The number of rotatable bonds is 4. The van der Waals surface area contributed by atoms with E-state index in [0.29, 0.717) is 11.6 Å². The number of benzene rings is 3. The van der Waals surface area contributed by atoms with Crippen LogP contribution in [0.3, 0.4) is 0 Å². The van der Waals surface area contributed by atoms with Gasteiger partial charge in [0.25, 0.3) is 0 Å². The van der Waals surface area contributed by atoms with Gasteiger partial charge in [-0.05, 0) is 17.7 Å². The lowest BCUT2D eigenvalue weighted by Crippen LogP contribution is -2.12. The van der Waals surface area contributed by atoms with Crippen molar-refractivity contribution in [2.75, 3.05) is 0 Å². The summed E-state index contributed by atoms with van der Waals surface area (Å²) in [6, 6.07) is 25.7. The molecule has 0 fully saturated rings. The number of fused-ring (bicyclic) bond motifs is 3. The van der Waals surface area contributed by atoms with Crippen molar-refractivity contribution in [3.05, 3.63) is 95.6 Å². The Labute approximate surface area is 166 Å². The average molecular weight is 386 g/mol. The first kappa shape index (κ1) is 16.8. The molecule has 5 rings (SSSR count). The predicted molar refractivity (Wildman–Crippen MR) is 112 cm³/mol. The number of aromatic nitrogens is 3. The molecule has 0 amide bonds. The third-order valence-electron chi connectivity index (χ3n) is 4.71. The summed E-state index contributed by atoms with van der Waals surface area (Å²) in [6.07, 6.45) is 1.79. The highest BCUT2D eigenvalue weighted by Crippen LogP contribution is 2.35. The van der Waals surface area contributed by atoms with Crippen LogP contribution < -0.4 is 4.84 Å². The summed E-state index contributed by atoms with van der Waals surface area (Å²) in [6.45, 7) is 0.426. The SMILES string of the molecule is Clc1ccccc1-c1nc2ccccc2c2c1cnn2OCc1ccccc1. The standard InChI is InChI=1S/C23H16ClN3O/c24-20-12-6-4-10-17(20)22-19-14-25-27(28-15-16-8-2-1-3-9-16)23(19)18-11-5-7-13-21(18)26-22/h1-14H,15H2. The molecular weight excluding hydrogens is 370 g/mol. The Balaban J connectivity index is 1.70. The third kappa shape index (κ3) is 2.88. The van der Waals surface area contributed by atoms with Crippen LogP contribution in [0.15, 0.2) is 85.1 Å². The van der Waals surface area contributed by atoms with E-state index in [1.165, 1.54) is 0 Å². The van der Waals surface area contributed by atoms with Gasteiger partial charge in [0.15, 0.2) is 0 Å². The van der Waals surface area contributed by atoms with E-state index in [4.69, 9.17) is 21.4 Å². The largest absolute Gasteiger partial charge is 0.391 e. The first-order valence-electron chi connectivity index (χ1n) is 9.00. The molecule has 0 unspecified atom stereocenters. The normalized spacial score (nSPS) is 11.2. The molecule has 0 aliphatic heterocycles. The molecule has 5 aromatic rings. The molecule has 3 aromatic carbocycles. The van der Waals surface area contributed by atoms with Crippen molar-refractivity contribution in [2.24, 2.45) is 0 Å². The summed E-state index contributed by atoms with van der Waals surface area (Å²) in [7, 11) is 0. The maximum atomic E-state index is 6.46. The second kappa shape index (κ2) is 6.98. The van der Waals surface area contributed by atoms with Crippen LogP contribution in [-0.4, -0.2) is 14.9 Å². The van der Waals surface area contributed by atoms with Gasteiger partial charge in [-0.25, -0.2) is 4.98 Å². The molecule has 0 bridgehead atoms. The lowest BCUT2D eigenvalue weighted by molar-refractivity contribution is 0.0799. The summed E-state index contributed by atoms with van der Waals surface area (Å²) >= 11 is 6.46. The van der Waals surface area contributed by atoms with Crippen LogP contribution in [0.2, 0.25) is 5.02 Å². The van der Waals surface area contributed by atoms with Crippen LogP contribution in [0.4, 0.5) is 0 Å². The average Bonchev–Trinajstić information content (AvgIpc) is 3.17. The summed E-state index contributed by atoms with van der Waals surface area (Å²) in [4.78, 5) is 12.5. The summed E-state index contributed by atoms with van der Waals surface area (Å²) in [5.41, 5.74) is 4.51. The second-order valence-corrected chi connectivity index (χ2v) is 6.90. The van der Waals surface area contributed by atoms with Crippen molar-refractivity contribution < 1.29 is 4.84 Å². The highest BCUT2D eigenvalue weighted by Gasteiger charge is 2.17. The molecule has 0 aliphatic carbocycles. The number of halogens is 1. The Morgan fingerprint density at radius 2 is 1.57 bits per heavy atom. The molecule has 28 heavy (non-hydrogen) atoms. The lowest BCUT2D eigenvalue weighted by Gasteiger charge is -2.11. The van der Waals surface area contributed by atoms with Crippen LogP contribution in [0.25, 0.3) is 33.1 Å². The van der Waals surface area contributed by atoms with Gasteiger partial charge in [-0.1, -0.05) is 83.2 Å². The van der Waals surface area contributed by atoms with E-state index in [0.717, 1.165) is 38.6 Å². The summed E-state index contributed by atoms with van der Waals surface area (Å²) in [5.74, 6) is 0. The summed E-state index contributed by atoms with van der Waals surface area (Å²) in [5, 5.41) is 7.03. The fraction of sp³-hybridized carbons (Fsp3) is 0.0435. The first-order valence-corrected chi connectivity index (χ1v) is 9.37. The van der Waals surface area contributed by atoms with Gasteiger partial charge in [-0.2, -0.15) is 0 Å². The van der Waals surface area contributed by atoms with Crippen LogP contribution in [0, 0.1) is 0 Å². The van der Waals surface area contributed by atoms with Crippen molar-refractivity contribution in [1.29, 1.82) is 0 Å². The maximum absolute atomic E-state index is 6.46. The van der Waals surface area contributed by atoms with Gasteiger partial charge in [-0.15, -0.1) is 5.10 Å². The van der Waals surface area contributed by atoms with Gasteiger partial charge < -0.3 is 4.84 Å². The monoisotopic (exact) mass is 385 g/mol. The van der Waals surface area contributed by atoms with Crippen molar-refractivity contribution in [3.8, 4) is 11.3 Å². The van der Waals surface area contributed by atoms with Gasteiger partial charge in [0.2, 0.25) is 0 Å². The van der Waals surface area contributed by atoms with Gasteiger partial charge >= 0.3 is 0 Å². The molecule has 0 saturated heterocycles. The van der Waals surface area contributed by atoms with E-state index in [-0.39, 0.29) is 0 Å². The molecule has 136 valence electrons. The molecule has 2 aromatic heterocycles. The number of para-hydroxylation sites is 1. The van der Waals surface area contributed by atoms with E-state index in [9.17, 15) is 0 Å². The first-order chi connectivity index (χ1) is 13.8. The Bertz CT molecular complexity index is 1280. The van der Waals surface area contributed by atoms with Crippen LogP contribution in [0.5, 0.6) is 0 Å². The molecule has 0 atom stereocenters. The predicted octanol–water partition coefficient (Wildman–Crippen LogP) is 5.53. The van der Waals surface area contributed by atoms with Crippen molar-refractivity contribution in [1.82, 2.24) is 14.9 Å². The second-order valence-electron chi connectivity index (χ2n) is 6.50. The molecular formula is C23H16ClN3O. The van der Waals surface area contributed by atoms with Gasteiger partial charge in [0.1, 0.15) is 12.1 Å². The molecule has 0 radical (unpaired) electrons. The zero-order valence-corrected chi connectivity index (χ0v) is 15.7. The minimum atomic E-state index is 0.426. The molecule has 5 heteroatoms. The quantitative estimate of drug-likeness (QED) is 0.408. The zero-order chi connectivity index (χ0) is 18.9. The van der Waals surface area contributed by atoms with Crippen LogP contribution in [-0.2, 0) is 6.61 Å². The Morgan fingerprint density at radius 3 is 2.43 bits per heavy atom. The minimum absolute atomic E-state index is 0.426. The molecule has 0 N–H and O–H groups in total. The smallest absolute Gasteiger partial charge is 0.142 e. The molecule has 2 heterocycles. The topological polar surface area (TPSA) is 39.9 Å². The fourth-order valence-corrected chi connectivity index (χ4v) is 3.60. The van der Waals surface area contributed by atoms with E-state index in [1.807, 2.05) is 78.9 Å².